The number of benzene rings is 1. The van der Waals surface area contributed by atoms with Crippen molar-refractivity contribution in [3.05, 3.63) is 34.8 Å². The topological polar surface area (TPSA) is 85.6 Å². The van der Waals surface area contributed by atoms with Gasteiger partial charge in [0.15, 0.2) is 11.0 Å². The van der Waals surface area contributed by atoms with E-state index in [1.54, 1.807) is 0 Å². The number of hydrogen-bond donors (Lipinski definition) is 1. The third-order valence-corrected chi connectivity index (χ3v) is 5.68. The van der Waals surface area contributed by atoms with Crippen LogP contribution in [0.2, 0.25) is 0 Å². The summed E-state index contributed by atoms with van der Waals surface area (Å²) in [5.41, 5.74) is 2.20. The van der Waals surface area contributed by atoms with E-state index in [0.29, 0.717) is 5.13 Å². The van der Waals surface area contributed by atoms with E-state index in [9.17, 15) is 4.79 Å². The summed E-state index contributed by atoms with van der Waals surface area (Å²) >= 11 is 2.79. The van der Waals surface area contributed by atoms with E-state index in [0.717, 1.165) is 40.9 Å². The number of hydrogen-bond acceptors (Lipinski definition) is 7. The fourth-order valence-electron chi connectivity index (χ4n) is 2.58. The van der Waals surface area contributed by atoms with E-state index in [1.807, 2.05) is 23.6 Å². The zero-order chi connectivity index (χ0) is 19.2. The van der Waals surface area contributed by atoms with Gasteiger partial charge in [-0.3, -0.25) is 10.1 Å². The van der Waals surface area contributed by atoms with Crippen LogP contribution in [0.15, 0.2) is 29.4 Å². The van der Waals surface area contributed by atoms with Crippen LogP contribution in [0.1, 0.15) is 30.8 Å². The quantitative estimate of drug-likeness (QED) is 0.577. The highest BCUT2D eigenvalue weighted by atomic mass is 32.2. The minimum Gasteiger partial charge on any atom is -0.302 e. The van der Waals surface area contributed by atoms with Crippen molar-refractivity contribution in [3.8, 4) is 11.4 Å². The molecule has 2 heterocycles. The first-order chi connectivity index (χ1) is 13.1. The second-order valence-corrected chi connectivity index (χ2v) is 8.01. The molecule has 0 atom stereocenters. The molecular weight excluding hydrogens is 380 g/mol. The lowest BCUT2D eigenvalue weighted by molar-refractivity contribution is -0.113. The van der Waals surface area contributed by atoms with Gasteiger partial charge in [-0.05, 0) is 26.3 Å². The lowest BCUT2D eigenvalue weighted by Gasteiger charge is -2.07. The fraction of sp³-hybridized carbons (Fsp3) is 0.389. The maximum Gasteiger partial charge on any atom is 0.236 e. The molecule has 0 unspecified atom stereocenters. The highest BCUT2D eigenvalue weighted by Gasteiger charge is 2.15. The second-order valence-electron chi connectivity index (χ2n) is 6.01. The molecule has 0 aliphatic heterocycles. The Morgan fingerprint density at radius 2 is 2.07 bits per heavy atom. The number of nitrogens with one attached hydrogen (secondary N) is 1. The van der Waals surface area contributed by atoms with Crippen molar-refractivity contribution in [3.63, 3.8) is 0 Å². The monoisotopic (exact) mass is 402 g/mol. The number of anilines is 1. The first-order valence-corrected chi connectivity index (χ1v) is 10.7. The van der Waals surface area contributed by atoms with Crippen LogP contribution in [0.3, 0.4) is 0 Å². The van der Waals surface area contributed by atoms with E-state index in [2.05, 4.69) is 51.7 Å². The lowest BCUT2D eigenvalue weighted by atomic mass is 10.1. The molecule has 0 fully saturated rings. The van der Waals surface area contributed by atoms with E-state index in [4.69, 9.17) is 0 Å². The van der Waals surface area contributed by atoms with Crippen molar-refractivity contribution < 1.29 is 4.79 Å². The Morgan fingerprint density at radius 1 is 1.22 bits per heavy atom. The van der Waals surface area contributed by atoms with Crippen LogP contribution in [0.25, 0.3) is 11.4 Å². The average molecular weight is 403 g/mol. The molecule has 3 aromatic rings. The number of aryl methyl sites for hydroxylation is 2. The summed E-state index contributed by atoms with van der Waals surface area (Å²) < 4.78 is 2.02. The van der Waals surface area contributed by atoms with Gasteiger partial charge in [-0.25, -0.2) is 0 Å². The van der Waals surface area contributed by atoms with Crippen LogP contribution in [0, 0.1) is 6.92 Å². The molecular formula is C18H22N6OS2. The second kappa shape index (κ2) is 9.09. The number of carbonyl (C=O) groups excluding carboxylic acids is 1. The maximum atomic E-state index is 12.2. The molecule has 3 rings (SSSR count). The summed E-state index contributed by atoms with van der Waals surface area (Å²) in [6.07, 6.45) is 1.89. The van der Waals surface area contributed by atoms with Crippen LogP contribution in [-0.2, 0) is 17.8 Å². The fourth-order valence-corrected chi connectivity index (χ4v) is 4.24. The van der Waals surface area contributed by atoms with Crippen LogP contribution in [0.5, 0.6) is 0 Å². The first-order valence-electron chi connectivity index (χ1n) is 8.86. The van der Waals surface area contributed by atoms with Gasteiger partial charge in [0.1, 0.15) is 5.01 Å². The third kappa shape index (κ3) is 4.92. The van der Waals surface area contributed by atoms with Gasteiger partial charge in [-0.1, -0.05) is 53.8 Å². The summed E-state index contributed by atoms with van der Waals surface area (Å²) in [5, 5.41) is 21.7. The first kappa shape index (κ1) is 19.5. The molecule has 2 aromatic heterocycles. The third-order valence-electron chi connectivity index (χ3n) is 3.82. The molecule has 0 aliphatic rings. The number of nitrogens with zero attached hydrogens (tertiary/aromatic N) is 5. The van der Waals surface area contributed by atoms with Gasteiger partial charge in [0, 0.05) is 18.5 Å². The van der Waals surface area contributed by atoms with Gasteiger partial charge in [0.05, 0.1) is 5.75 Å². The Balaban J connectivity index is 1.64. The highest BCUT2D eigenvalue weighted by Crippen LogP contribution is 2.25. The molecule has 142 valence electrons. The minimum atomic E-state index is -0.123. The number of thioether (sulfide) groups is 1. The highest BCUT2D eigenvalue weighted by molar-refractivity contribution is 7.99. The molecule has 27 heavy (non-hydrogen) atoms. The van der Waals surface area contributed by atoms with Gasteiger partial charge in [-0.2, -0.15) is 0 Å². The number of amides is 1. The smallest absolute Gasteiger partial charge is 0.236 e. The van der Waals surface area contributed by atoms with E-state index < -0.39 is 0 Å². The normalized spacial score (nSPS) is 10.9. The van der Waals surface area contributed by atoms with Crippen molar-refractivity contribution >= 4 is 34.1 Å². The van der Waals surface area contributed by atoms with E-state index in [-0.39, 0.29) is 11.7 Å². The Morgan fingerprint density at radius 3 is 2.81 bits per heavy atom. The molecule has 1 amide bonds. The molecule has 7 nitrogen and oxygen atoms in total. The van der Waals surface area contributed by atoms with Gasteiger partial charge in [0.2, 0.25) is 11.0 Å². The van der Waals surface area contributed by atoms with Crippen molar-refractivity contribution in [2.75, 3.05) is 11.1 Å². The van der Waals surface area contributed by atoms with Crippen LogP contribution < -0.4 is 5.32 Å². The molecule has 0 bridgehead atoms. The Kier molecular flexibility index (Phi) is 6.57. The Hall–Kier alpha value is -2.26. The van der Waals surface area contributed by atoms with Gasteiger partial charge in [-0.15, -0.1) is 20.4 Å². The van der Waals surface area contributed by atoms with Crippen molar-refractivity contribution in [1.29, 1.82) is 0 Å². The Bertz CT molecular complexity index is 920. The predicted octanol–water partition coefficient (Wildman–Crippen LogP) is 3.81. The standard InChI is InChI=1S/C18H22N6OS2/c1-4-7-15-20-22-17(27-15)19-14(25)11-26-18-23-21-16(24(18)5-2)13-9-6-8-12(3)10-13/h6,8-10H,4-5,7,11H2,1-3H3,(H,19,22,25). The average Bonchev–Trinajstić information content (AvgIpc) is 3.26. The lowest BCUT2D eigenvalue weighted by Crippen LogP contribution is -2.14. The number of rotatable bonds is 8. The van der Waals surface area contributed by atoms with Gasteiger partial charge < -0.3 is 4.57 Å². The van der Waals surface area contributed by atoms with Gasteiger partial charge >= 0.3 is 0 Å². The molecule has 0 radical (unpaired) electrons. The van der Waals surface area contributed by atoms with Crippen LogP contribution in [-0.4, -0.2) is 36.6 Å². The summed E-state index contributed by atoms with van der Waals surface area (Å²) in [7, 11) is 0. The van der Waals surface area contributed by atoms with Crippen molar-refractivity contribution in [2.45, 2.75) is 45.3 Å². The molecule has 9 heteroatoms. The summed E-state index contributed by atoms with van der Waals surface area (Å²) in [5.74, 6) is 0.939. The minimum absolute atomic E-state index is 0.123. The maximum absolute atomic E-state index is 12.2. The summed E-state index contributed by atoms with van der Waals surface area (Å²) in [6, 6.07) is 8.17. The van der Waals surface area contributed by atoms with E-state index in [1.165, 1.54) is 28.7 Å². The molecule has 1 aromatic carbocycles. The molecule has 0 saturated carbocycles. The molecule has 0 saturated heterocycles. The number of aromatic nitrogens is 5. The molecule has 0 spiro atoms. The summed E-state index contributed by atoms with van der Waals surface area (Å²) in [4.78, 5) is 12.2. The zero-order valence-corrected chi connectivity index (χ0v) is 17.2. The number of carbonyl (C=O) groups is 1. The zero-order valence-electron chi connectivity index (χ0n) is 15.6. The van der Waals surface area contributed by atoms with Crippen molar-refractivity contribution in [2.24, 2.45) is 0 Å². The SMILES string of the molecule is CCCc1nnc(NC(=O)CSc2nnc(-c3cccc(C)c3)n2CC)s1. The predicted molar refractivity (Wildman–Crippen MR) is 109 cm³/mol. The van der Waals surface area contributed by atoms with E-state index >= 15 is 0 Å². The molecule has 0 aliphatic carbocycles. The van der Waals surface area contributed by atoms with Crippen LogP contribution >= 0.6 is 23.1 Å². The largest absolute Gasteiger partial charge is 0.302 e. The van der Waals surface area contributed by atoms with Crippen LogP contribution in [0.4, 0.5) is 5.13 Å². The molecule has 1 N–H and O–H groups in total. The van der Waals surface area contributed by atoms with Crippen molar-refractivity contribution in [1.82, 2.24) is 25.0 Å². The van der Waals surface area contributed by atoms with Gasteiger partial charge in [0.25, 0.3) is 0 Å². The summed E-state index contributed by atoms with van der Waals surface area (Å²) in [6.45, 7) is 6.92. The Labute approximate surface area is 166 Å².